The minimum Gasteiger partial charge on any atom is -0.494 e. The van der Waals surface area contributed by atoms with Crippen LogP contribution in [0.5, 0.6) is 5.75 Å². The number of benzene rings is 1. The topological polar surface area (TPSA) is 60.2 Å². The number of nitrogens with one attached hydrogen (secondary N) is 1. The van der Waals surface area contributed by atoms with Gasteiger partial charge in [0, 0.05) is 17.4 Å². The number of hydrogen-bond acceptors (Lipinski definition) is 4. The molecule has 1 aromatic heterocycles. The van der Waals surface area contributed by atoms with E-state index in [0.717, 1.165) is 17.0 Å². The summed E-state index contributed by atoms with van der Waals surface area (Å²) >= 11 is 4.94. The Morgan fingerprint density at radius 3 is 2.68 bits per heavy atom. The fraction of sp³-hybridized carbons (Fsp3) is 0.143. The standard InChI is InChI=1S/C14H15N3OS/c1-2-18-12-5-3-11(4-6-12)17-13-9-10(14(15)19)7-8-16-13/h3-9H,2H2,1H3,(H2,15,19)(H,16,17). The summed E-state index contributed by atoms with van der Waals surface area (Å²) < 4.78 is 5.38. The van der Waals surface area contributed by atoms with Crippen molar-refractivity contribution in [2.75, 3.05) is 11.9 Å². The molecule has 0 saturated heterocycles. The Hall–Kier alpha value is -2.14. The Kier molecular flexibility index (Phi) is 4.30. The van der Waals surface area contributed by atoms with Crippen LogP contribution < -0.4 is 15.8 Å². The van der Waals surface area contributed by atoms with Gasteiger partial charge >= 0.3 is 0 Å². The van der Waals surface area contributed by atoms with Crippen molar-refractivity contribution >= 4 is 28.7 Å². The first-order valence-corrected chi connectivity index (χ1v) is 6.35. The van der Waals surface area contributed by atoms with Gasteiger partial charge in [0.2, 0.25) is 0 Å². The lowest BCUT2D eigenvalue weighted by molar-refractivity contribution is 0.340. The number of aromatic nitrogens is 1. The van der Waals surface area contributed by atoms with Crippen molar-refractivity contribution in [3.05, 3.63) is 48.2 Å². The molecule has 0 amide bonds. The molecular weight excluding hydrogens is 258 g/mol. The summed E-state index contributed by atoms with van der Waals surface area (Å²) in [7, 11) is 0. The first-order chi connectivity index (χ1) is 9.19. The van der Waals surface area contributed by atoms with Gasteiger partial charge < -0.3 is 15.8 Å². The Labute approximate surface area is 117 Å². The molecule has 0 aliphatic rings. The monoisotopic (exact) mass is 273 g/mol. The van der Waals surface area contributed by atoms with Crippen LogP contribution >= 0.6 is 12.2 Å². The van der Waals surface area contributed by atoms with Gasteiger partial charge in [-0.15, -0.1) is 0 Å². The van der Waals surface area contributed by atoms with E-state index in [1.807, 2.05) is 37.3 Å². The van der Waals surface area contributed by atoms with Crippen LogP contribution in [-0.2, 0) is 0 Å². The van der Waals surface area contributed by atoms with Crippen molar-refractivity contribution in [3.8, 4) is 5.75 Å². The van der Waals surface area contributed by atoms with Crippen molar-refractivity contribution in [2.45, 2.75) is 6.92 Å². The molecule has 5 heteroatoms. The van der Waals surface area contributed by atoms with Crippen molar-refractivity contribution in [2.24, 2.45) is 5.73 Å². The van der Waals surface area contributed by atoms with Gasteiger partial charge in [-0.25, -0.2) is 4.98 Å². The fourth-order valence-electron chi connectivity index (χ4n) is 1.60. The average molecular weight is 273 g/mol. The van der Waals surface area contributed by atoms with Crippen LogP contribution in [0.4, 0.5) is 11.5 Å². The molecule has 2 rings (SSSR count). The van der Waals surface area contributed by atoms with Crippen LogP contribution in [0.25, 0.3) is 0 Å². The van der Waals surface area contributed by atoms with Gasteiger partial charge in [-0.1, -0.05) is 12.2 Å². The molecule has 0 aliphatic heterocycles. The van der Waals surface area contributed by atoms with Crippen molar-refractivity contribution < 1.29 is 4.74 Å². The minimum atomic E-state index is 0.358. The highest BCUT2D eigenvalue weighted by molar-refractivity contribution is 7.80. The molecule has 0 spiro atoms. The predicted octanol–water partition coefficient (Wildman–Crippen LogP) is 2.86. The summed E-state index contributed by atoms with van der Waals surface area (Å²) in [5.41, 5.74) is 7.31. The first-order valence-electron chi connectivity index (χ1n) is 5.95. The van der Waals surface area contributed by atoms with E-state index >= 15 is 0 Å². The molecule has 19 heavy (non-hydrogen) atoms. The molecule has 0 bridgehead atoms. The van der Waals surface area contributed by atoms with Crippen molar-refractivity contribution in [1.29, 1.82) is 0 Å². The third-order valence-electron chi connectivity index (χ3n) is 2.48. The summed E-state index contributed by atoms with van der Waals surface area (Å²) in [6, 6.07) is 11.3. The van der Waals surface area contributed by atoms with Gasteiger partial charge in [0.25, 0.3) is 0 Å². The Balaban J connectivity index is 2.12. The molecule has 3 N–H and O–H groups in total. The molecule has 0 saturated carbocycles. The lowest BCUT2D eigenvalue weighted by Gasteiger charge is -2.08. The van der Waals surface area contributed by atoms with Crippen LogP contribution in [0.2, 0.25) is 0 Å². The average Bonchev–Trinajstić information content (AvgIpc) is 2.42. The van der Waals surface area contributed by atoms with E-state index in [4.69, 9.17) is 22.7 Å². The first kappa shape index (κ1) is 13.3. The van der Waals surface area contributed by atoms with Gasteiger partial charge in [-0.3, -0.25) is 0 Å². The molecule has 0 atom stereocenters. The molecule has 0 aliphatic carbocycles. The van der Waals surface area contributed by atoms with E-state index < -0.39 is 0 Å². The van der Waals surface area contributed by atoms with E-state index in [1.165, 1.54) is 0 Å². The fourth-order valence-corrected chi connectivity index (χ4v) is 1.73. The zero-order valence-electron chi connectivity index (χ0n) is 10.6. The predicted molar refractivity (Wildman–Crippen MR) is 81.0 cm³/mol. The molecule has 0 unspecified atom stereocenters. The van der Waals surface area contributed by atoms with Gasteiger partial charge in [0.1, 0.15) is 16.6 Å². The van der Waals surface area contributed by atoms with E-state index in [2.05, 4.69) is 10.3 Å². The molecule has 2 aromatic rings. The Bertz CT molecular complexity index is 569. The third kappa shape index (κ3) is 3.66. The smallest absolute Gasteiger partial charge is 0.130 e. The molecule has 4 nitrogen and oxygen atoms in total. The van der Waals surface area contributed by atoms with Gasteiger partial charge in [-0.2, -0.15) is 0 Å². The van der Waals surface area contributed by atoms with Crippen LogP contribution in [-0.4, -0.2) is 16.6 Å². The number of nitrogens with two attached hydrogens (primary N) is 1. The van der Waals surface area contributed by atoms with E-state index in [1.54, 1.807) is 12.3 Å². The second-order valence-corrected chi connectivity index (χ2v) is 4.32. The summed E-state index contributed by atoms with van der Waals surface area (Å²) in [4.78, 5) is 4.58. The quantitative estimate of drug-likeness (QED) is 0.820. The second-order valence-electron chi connectivity index (χ2n) is 3.88. The maximum absolute atomic E-state index is 5.59. The van der Waals surface area contributed by atoms with Gasteiger partial charge in [0.15, 0.2) is 0 Å². The second kappa shape index (κ2) is 6.15. The van der Waals surface area contributed by atoms with Crippen LogP contribution in [0.3, 0.4) is 0 Å². The highest BCUT2D eigenvalue weighted by atomic mass is 32.1. The lowest BCUT2D eigenvalue weighted by Crippen LogP contribution is -2.09. The van der Waals surface area contributed by atoms with Gasteiger partial charge in [-0.05, 0) is 43.3 Å². The van der Waals surface area contributed by atoms with Crippen LogP contribution in [0.15, 0.2) is 42.6 Å². The normalized spacial score (nSPS) is 9.95. The molecule has 0 fully saturated rings. The highest BCUT2D eigenvalue weighted by Gasteiger charge is 2.00. The largest absolute Gasteiger partial charge is 0.494 e. The SMILES string of the molecule is CCOc1ccc(Nc2cc(C(N)=S)ccn2)cc1. The number of pyridine rings is 1. The number of nitrogens with zero attached hydrogens (tertiary/aromatic N) is 1. The zero-order valence-corrected chi connectivity index (χ0v) is 11.4. The molecule has 98 valence electrons. The maximum Gasteiger partial charge on any atom is 0.130 e. The van der Waals surface area contributed by atoms with E-state index in [9.17, 15) is 0 Å². The summed E-state index contributed by atoms with van der Waals surface area (Å²) in [5.74, 6) is 1.55. The van der Waals surface area contributed by atoms with Gasteiger partial charge in [0.05, 0.1) is 6.61 Å². The Morgan fingerprint density at radius 1 is 1.32 bits per heavy atom. The van der Waals surface area contributed by atoms with E-state index in [-0.39, 0.29) is 0 Å². The summed E-state index contributed by atoms with van der Waals surface area (Å²) in [5, 5.41) is 3.19. The van der Waals surface area contributed by atoms with Crippen molar-refractivity contribution in [1.82, 2.24) is 4.98 Å². The highest BCUT2D eigenvalue weighted by Crippen LogP contribution is 2.19. The summed E-state index contributed by atoms with van der Waals surface area (Å²) in [6.45, 7) is 2.61. The maximum atomic E-state index is 5.59. The number of ether oxygens (including phenoxy) is 1. The Morgan fingerprint density at radius 2 is 2.05 bits per heavy atom. The lowest BCUT2D eigenvalue weighted by atomic mass is 10.2. The molecule has 1 heterocycles. The van der Waals surface area contributed by atoms with Crippen molar-refractivity contribution in [3.63, 3.8) is 0 Å². The van der Waals surface area contributed by atoms with Crippen LogP contribution in [0, 0.1) is 0 Å². The number of anilines is 2. The number of thiocarbonyl (C=S) groups is 1. The molecule has 0 radical (unpaired) electrons. The van der Waals surface area contributed by atoms with E-state index in [0.29, 0.717) is 17.4 Å². The number of rotatable bonds is 5. The third-order valence-corrected chi connectivity index (χ3v) is 2.72. The molecule has 1 aromatic carbocycles. The number of hydrogen-bond donors (Lipinski definition) is 2. The summed E-state index contributed by atoms with van der Waals surface area (Å²) in [6.07, 6.45) is 1.67. The molecular formula is C14H15N3OS. The minimum absolute atomic E-state index is 0.358. The van der Waals surface area contributed by atoms with Crippen LogP contribution in [0.1, 0.15) is 12.5 Å². The zero-order chi connectivity index (χ0) is 13.7.